The van der Waals surface area contributed by atoms with E-state index in [1.54, 1.807) is 43.3 Å². The summed E-state index contributed by atoms with van der Waals surface area (Å²) in [7, 11) is 0. The highest BCUT2D eigenvalue weighted by Gasteiger charge is 2.26. The first kappa shape index (κ1) is 21.9. The van der Waals surface area contributed by atoms with Crippen molar-refractivity contribution in [3.63, 3.8) is 0 Å². The molecule has 2 rings (SSSR count). The van der Waals surface area contributed by atoms with Gasteiger partial charge >= 0.3 is 0 Å². The van der Waals surface area contributed by atoms with E-state index in [9.17, 15) is 14.0 Å². The van der Waals surface area contributed by atoms with Gasteiger partial charge in [-0.05, 0) is 48.7 Å². The lowest BCUT2D eigenvalue weighted by Gasteiger charge is -2.29. The average molecular weight is 407 g/mol. The Kier molecular flexibility index (Phi) is 8.42. The lowest BCUT2D eigenvalue weighted by Crippen LogP contribution is -2.48. The van der Waals surface area contributed by atoms with E-state index in [-0.39, 0.29) is 37.2 Å². The molecule has 0 fully saturated rings. The largest absolute Gasteiger partial charge is 0.396 e. The van der Waals surface area contributed by atoms with E-state index in [0.29, 0.717) is 18.0 Å². The van der Waals surface area contributed by atoms with Crippen LogP contribution in [0.3, 0.4) is 0 Å². The summed E-state index contributed by atoms with van der Waals surface area (Å²) in [5.74, 6) is -0.894. The minimum Gasteiger partial charge on any atom is -0.396 e. The summed E-state index contributed by atoms with van der Waals surface area (Å²) in [4.78, 5) is 26.9. The Bertz CT molecular complexity index is 781. The van der Waals surface area contributed by atoms with Crippen molar-refractivity contribution in [1.82, 2.24) is 10.2 Å². The molecule has 0 spiro atoms. The Balaban J connectivity index is 2.15. The molecule has 5 nitrogen and oxygen atoms in total. The number of nitrogens with one attached hydrogen (secondary N) is 1. The van der Waals surface area contributed by atoms with Crippen molar-refractivity contribution >= 4 is 23.4 Å². The van der Waals surface area contributed by atoms with Crippen LogP contribution in [0.15, 0.2) is 48.5 Å². The molecule has 28 heavy (non-hydrogen) atoms. The minimum absolute atomic E-state index is 0.0244. The molecule has 0 bridgehead atoms. The molecule has 2 amide bonds. The van der Waals surface area contributed by atoms with Gasteiger partial charge in [0.25, 0.3) is 0 Å². The SMILES string of the molecule is CC(C(=O)NCCCO)N(Cc1ccc(F)cc1)C(=O)Cc1ccc(Cl)cc1. The predicted molar refractivity (Wildman–Crippen MR) is 106 cm³/mol. The van der Waals surface area contributed by atoms with Crippen LogP contribution in [0.5, 0.6) is 0 Å². The molecule has 1 atom stereocenters. The predicted octanol–water partition coefficient (Wildman–Crippen LogP) is 2.94. The number of rotatable bonds is 9. The molecule has 2 aromatic carbocycles. The number of hydrogen-bond donors (Lipinski definition) is 2. The molecule has 1 unspecified atom stereocenters. The molecular formula is C21H24ClFN2O3. The van der Waals surface area contributed by atoms with Crippen LogP contribution in [-0.4, -0.2) is 41.0 Å². The second-order valence-electron chi connectivity index (χ2n) is 6.50. The molecule has 0 radical (unpaired) electrons. The molecule has 0 saturated heterocycles. The third-order valence-corrected chi connectivity index (χ3v) is 4.59. The van der Waals surface area contributed by atoms with Crippen LogP contribution in [0.1, 0.15) is 24.5 Å². The standard InChI is InChI=1S/C21H24ClFN2O3/c1-15(21(28)24-11-2-12-26)25(14-17-5-9-19(23)10-6-17)20(27)13-16-3-7-18(22)8-4-16/h3-10,15,26H,2,11-14H2,1H3,(H,24,28). The molecule has 2 N–H and O–H groups in total. The minimum atomic E-state index is -0.719. The van der Waals surface area contributed by atoms with Crippen LogP contribution in [-0.2, 0) is 22.6 Å². The molecule has 7 heteroatoms. The maximum absolute atomic E-state index is 13.2. The van der Waals surface area contributed by atoms with Gasteiger partial charge in [0.15, 0.2) is 0 Å². The van der Waals surface area contributed by atoms with Gasteiger partial charge in [0.05, 0.1) is 6.42 Å². The summed E-state index contributed by atoms with van der Waals surface area (Å²) in [5.41, 5.74) is 1.51. The van der Waals surface area contributed by atoms with Gasteiger partial charge in [-0.2, -0.15) is 0 Å². The molecule has 0 heterocycles. The number of carbonyl (C=O) groups is 2. The fourth-order valence-corrected chi connectivity index (χ4v) is 2.81. The lowest BCUT2D eigenvalue weighted by atomic mass is 10.1. The molecule has 0 aromatic heterocycles. The topological polar surface area (TPSA) is 69.6 Å². The summed E-state index contributed by atoms with van der Waals surface area (Å²) < 4.78 is 13.2. The number of nitrogens with zero attached hydrogens (tertiary/aromatic N) is 1. The summed E-state index contributed by atoms with van der Waals surface area (Å²) in [6.45, 7) is 2.14. The first-order chi connectivity index (χ1) is 13.4. The second-order valence-corrected chi connectivity index (χ2v) is 6.93. The van der Waals surface area contributed by atoms with Crippen molar-refractivity contribution in [3.05, 3.63) is 70.5 Å². The molecule has 0 aliphatic rings. The number of aliphatic hydroxyl groups is 1. The highest BCUT2D eigenvalue weighted by Crippen LogP contribution is 2.15. The number of benzene rings is 2. The first-order valence-electron chi connectivity index (χ1n) is 9.07. The Morgan fingerprint density at radius 3 is 2.32 bits per heavy atom. The smallest absolute Gasteiger partial charge is 0.242 e. The third kappa shape index (κ3) is 6.62. The molecule has 2 aromatic rings. The Morgan fingerprint density at radius 2 is 1.71 bits per heavy atom. The van der Waals surface area contributed by atoms with E-state index in [1.807, 2.05) is 0 Å². The summed E-state index contributed by atoms with van der Waals surface area (Å²) >= 11 is 5.89. The summed E-state index contributed by atoms with van der Waals surface area (Å²) in [5, 5.41) is 12.2. The van der Waals surface area contributed by atoms with Gasteiger partial charge in [0.2, 0.25) is 11.8 Å². The number of aliphatic hydroxyl groups excluding tert-OH is 1. The third-order valence-electron chi connectivity index (χ3n) is 4.34. The Labute approximate surface area is 169 Å². The van der Waals surface area contributed by atoms with E-state index in [4.69, 9.17) is 16.7 Å². The monoisotopic (exact) mass is 406 g/mol. The molecule has 150 valence electrons. The molecule has 0 aliphatic heterocycles. The van der Waals surface area contributed by atoms with E-state index >= 15 is 0 Å². The second kappa shape index (κ2) is 10.8. The Hall–Kier alpha value is -2.44. The summed E-state index contributed by atoms with van der Waals surface area (Å²) in [6, 6.07) is 12.1. The number of hydrogen-bond acceptors (Lipinski definition) is 3. The van der Waals surface area contributed by atoms with E-state index in [0.717, 1.165) is 11.1 Å². The molecule has 0 aliphatic carbocycles. The van der Waals surface area contributed by atoms with Crippen LogP contribution < -0.4 is 5.32 Å². The van der Waals surface area contributed by atoms with Gasteiger partial charge in [-0.1, -0.05) is 35.9 Å². The fourth-order valence-electron chi connectivity index (χ4n) is 2.69. The molecule has 0 saturated carbocycles. The highest BCUT2D eigenvalue weighted by molar-refractivity contribution is 6.30. The lowest BCUT2D eigenvalue weighted by molar-refractivity contribution is -0.140. The van der Waals surface area contributed by atoms with Crippen LogP contribution in [0.25, 0.3) is 0 Å². The van der Waals surface area contributed by atoms with Crippen molar-refractivity contribution in [1.29, 1.82) is 0 Å². The van der Waals surface area contributed by atoms with Gasteiger partial charge < -0.3 is 15.3 Å². The van der Waals surface area contributed by atoms with Crippen LogP contribution in [0.2, 0.25) is 5.02 Å². The van der Waals surface area contributed by atoms with Gasteiger partial charge in [-0.15, -0.1) is 0 Å². The molecular weight excluding hydrogens is 383 g/mol. The summed E-state index contributed by atoms with van der Waals surface area (Å²) in [6.07, 6.45) is 0.557. The Morgan fingerprint density at radius 1 is 1.11 bits per heavy atom. The van der Waals surface area contributed by atoms with Crippen LogP contribution in [0.4, 0.5) is 4.39 Å². The van der Waals surface area contributed by atoms with Crippen molar-refractivity contribution in [2.45, 2.75) is 32.4 Å². The van der Waals surface area contributed by atoms with Crippen molar-refractivity contribution < 1.29 is 19.1 Å². The van der Waals surface area contributed by atoms with Gasteiger partial charge in [-0.3, -0.25) is 9.59 Å². The van der Waals surface area contributed by atoms with Crippen molar-refractivity contribution in [2.24, 2.45) is 0 Å². The number of halogens is 2. The average Bonchev–Trinajstić information content (AvgIpc) is 2.68. The fraction of sp³-hybridized carbons (Fsp3) is 0.333. The highest BCUT2D eigenvalue weighted by atomic mass is 35.5. The number of carbonyl (C=O) groups excluding carboxylic acids is 2. The van der Waals surface area contributed by atoms with Crippen molar-refractivity contribution in [3.8, 4) is 0 Å². The van der Waals surface area contributed by atoms with Gasteiger partial charge in [0.1, 0.15) is 11.9 Å². The van der Waals surface area contributed by atoms with Gasteiger partial charge in [0, 0.05) is 24.7 Å². The van der Waals surface area contributed by atoms with Crippen molar-refractivity contribution in [2.75, 3.05) is 13.2 Å². The van der Waals surface area contributed by atoms with E-state index in [2.05, 4.69) is 5.32 Å². The van der Waals surface area contributed by atoms with Gasteiger partial charge in [-0.25, -0.2) is 4.39 Å². The van der Waals surface area contributed by atoms with E-state index in [1.165, 1.54) is 17.0 Å². The zero-order valence-corrected chi connectivity index (χ0v) is 16.5. The van der Waals surface area contributed by atoms with Crippen LogP contribution in [0, 0.1) is 5.82 Å². The maximum Gasteiger partial charge on any atom is 0.242 e. The van der Waals surface area contributed by atoms with Crippen LogP contribution >= 0.6 is 11.6 Å². The normalized spacial score (nSPS) is 11.7. The first-order valence-corrected chi connectivity index (χ1v) is 9.45. The van der Waals surface area contributed by atoms with E-state index < -0.39 is 6.04 Å². The zero-order valence-electron chi connectivity index (χ0n) is 15.7. The quantitative estimate of drug-likeness (QED) is 0.629. The number of amides is 2. The zero-order chi connectivity index (χ0) is 20.5. The maximum atomic E-state index is 13.2.